The number of carbonyl (C=O) groups is 2. The van der Waals surface area contributed by atoms with Crippen LogP contribution in [0.5, 0.6) is 0 Å². The van der Waals surface area contributed by atoms with Crippen LogP contribution in [0.3, 0.4) is 0 Å². The molecule has 0 aliphatic rings. The van der Waals surface area contributed by atoms with Crippen molar-refractivity contribution in [3.05, 3.63) is 29.8 Å². The number of amides is 1. The van der Waals surface area contributed by atoms with Gasteiger partial charge in [-0.1, -0.05) is 12.1 Å². The zero-order valence-electron chi connectivity index (χ0n) is 11.5. The van der Waals surface area contributed by atoms with Gasteiger partial charge in [-0.25, -0.2) is 0 Å². The molecule has 0 aromatic heterocycles. The number of benzene rings is 1. The molecule has 0 spiro atoms. The Labute approximate surface area is 113 Å². The van der Waals surface area contributed by atoms with Crippen LogP contribution in [0.4, 0.5) is 5.69 Å². The summed E-state index contributed by atoms with van der Waals surface area (Å²) in [5, 5.41) is 11.9. The number of hydrogen-bond donors (Lipinski definition) is 2. The van der Waals surface area contributed by atoms with E-state index in [4.69, 9.17) is 0 Å². The fraction of sp³-hybridized carbons (Fsp3) is 0.429. The minimum atomic E-state index is -0.484. The topological polar surface area (TPSA) is 69.6 Å². The number of likely N-dealkylation sites (N-methyl/N-ethyl adjacent to an activating group) is 1. The first-order valence-electron chi connectivity index (χ1n) is 6.16. The molecule has 5 nitrogen and oxygen atoms in total. The van der Waals surface area contributed by atoms with E-state index < -0.39 is 6.10 Å². The molecular weight excluding hydrogens is 244 g/mol. The third kappa shape index (κ3) is 5.19. The highest BCUT2D eigenvalue weighted by Crippen LogP contribution is 2.15. The molecule has 1 aromatic carbocycles. The smallest absolute Gasteiger partial charge is 0.238 e. The van der Waals surface area contributed by atoms with E-state index in [0.717, 1.165) is 0 Å². The van der Waals surface area contributed by atoms with E-state index in [9.17, 15) is 14.7 Å². The van der Waals surface area contributed by atoms with E-state index in [1.165, 1.54) is 6.92 Å². The highest BCUT2D eigenvalue weighted by atomic mass is 16.3. The Kier molecular flexibility index (Phi) is 5.66. The molecule has 2 N–H and O–H groups in total. The largest absolute Gasteiger partial charge is 0.392 e. The standard InChI is InChI=1S/C14H20N2O3/c1-10(17)8-16(3)9-14(19)15-13-7-5-4-6-12(13)11(2)18/h4-7,10,17H,8-9H2,1-3H3,(H,15,19). The van der Waals surface area contributed by atoms with Gasteiger partial charge in [0.15, 0.2) is 5.78 Å². The van der Waals surface area contributed by atoms with Crippen molar-refractivity contribution in [1.82, 2.24) is 4.90 Å². The summed E-state index contributed by atoms with van der Waals surface area (Å²) in [6, 6.07) is 6.90. The zero-order chi connectivity index (χ0) is 14.4. The maximum atomic E-state index is 11.8. The molecule has 1 unspecified atom stereocenters. The van der Waals surface area contributed by atoms with Gasteiger partial charge in [0.05, 0.1) is 18.3 Å². The molecule has 0 aliphatic carbocycles. The van der Waals surface area contributed by atoms with Gasteiger partial charge in [0.25, 0.3) is 0 Å². The van der Waals surface area contributed by atoms with E-state index in [1.54, 1.807) is 43.1 Å². The average Bonchev–Trinajstić information content (AvgIpc) is 2.27. The summed E-state index contributed by atoms with van der Waals surface area (Å²) >= 11 is 0. The van der Waals surface area contributed by atoms with Crippen molar-refractivity contribution in [3.63, 3.8) is 0 Å². The summed E-state index contributed by atoms with van der Waals surface area (Å²) in [6.45, 7) is 3.71. The summed E-state index contributed by atoms with van der Waals surface area (Å²) in [5.74, 6) is -0.301. The molecule has 0 heterocycles. The minimum Gasteiger partial charge on any atom is -0.392 e. The lowest BCUT2D eigenvalue weighted by Gasteiger charge is -2.18. The molecule has 0 fully saturated rings. The van der Waals surface area contributed by atoms with Crippen LogP contribution in [0, 0.1) is 0 Å². The number of anilines is 1. The molecule has 0 radical (unpaired) electrons. The molecule has 19 heavy (non-hydrogen) atoms. The van der Waals surface area contributed by atoms with Gasteiger partial charge in [0.2, 0.25) is 5.91 Å². The summed E-state index contributed by atoms with van der Waals surface area (Å²) < 4.78 is 0. The van der Waals surface area contributed by atoms with Crippen LogP contribution in [0.1, 0.15) is 24.2 Å². The molecule has 0 saturated carbocycles. The molecule has 5 heteroatoms. The Hall–Kier alpha value is -1.72. The Morgan fingerprint density at radius 2 is 2.00 bits per heavy atom. The average molecular weight is 264 g/mol. The highest BCUT2D eigenvalue weighted by molar-refractivity contribution is 6.04. The Balaban J connectivity index is 2.65. The van der Waals surface area contributed by atoms with Gasteiger partial charge in [0.1, 0.15) is 0 Å². The lowest BCUT2D eigenvalue weighted by Crippen LogP contribution is -2.34. The van der Waals surface area contributed by atoms with Crippen LogP contribution in [-0.2, 0) is 4.79 Å². The normalized spacial score (nSPS) is 12.3. The van der Waals surface area contributed by atoms with Crippen LogP contribution in [-0.4, -0.2) is 47.9 Å². The first kappa shape index (κ1) is 15.3. The third-order valence-corrected chi connectivity index (χ3v) is 2.57. The van der Waals surface area contributed by atoms with Crippen molar-refractivity contribution in [2.45, 2.75) is 20.0 Å². The van der Waals surface area contributed by atoms with Gasteiger partial charge in [-0.05, 0) is 33.0 Å². The fourth-order valence-electron chi connectivity index (χ4n) is 1.85. The molecule has 1 rings (SSSR count). The van der Waals surface area contributed by atoms with Crippen molar-refractivity contribution in [3.8, 4) is 0 Å². The van der Waals surface area contributed by atoms with Gasteiger partial charge in [-0.3, -0.25) is 14.5 Å². The van der Waals surface area contributed by atoms with Gasteiger partial charge < -0.3 is 10.4 Å². The van der Waals surface area contributed by atoms with E-state index in [2.05, 4.69) is 5.32 Å². The predicted octanol–water partition coefficient (Wildman–Crippen LogP) is 1.14. The van der Waals surface area contributed by atoms with E-state index in [-0.39, 0.29) is 18.2 Å². The third-order valence-electron chi connectivity index (χ3n) is 2.57. The van der Waals surface area contributed by atoms with E-state index in [0.29, 0.717) is 17.8 Å². The first-order chi connectivity index (χ1) is 8.90. The second-order valence-electron chi connectivity index (χ2n) is 4.70. The number of aliphatic hydroxyl groups excluding tert-OH is 1. The Bertz CT molecular complexity index is 458. The molecule has 104 valence electrons. The number of para-hydroxylation sites is 1. The maximum Gasteiger partial charge on any atom is 0.238 e. The maximum absolute atomic E-state index is 11.8. The number of nitrogens with zero attached hydrogens (tertiary/aromatic N) is 1. The van der Waals surface area contributed by atoms with Gasteiger partial charge in [0, 0.05) is 12.1 Å². The SMILES string of the molecule is CC(=O)c1ccccc1NC(=O)CN(C)CC(C)O. The van der Waals surface area contributed by atoms with Crippen LogP contribution in [0.2, 0.25) is 0 Å². The lowest BCUT2D eigenvalue weighted by molar-refractivity contribution is -0.117. The van der Waals surface area contributed by atoms with Crippen LogP contribution in [0.25, 0.3) is 0 Å². The molecule has 1 amide bonds. The summed E-state index contributed by atoms with van der Waals surface area (Å²) in [5.41, 5.74) is 1.01. The second kappa shape index (κ2) is 7.01. The number of Topliss-reactive ketones (excluding diaryl/α,β-unsaturated/α-hetero) is 1. The monoisotopic (exact) mass is 264 g/mol. The van der Waals surface area contributed by atoms with Gasteiger partial charge >= 0.3 is 0 Å². The zero-order valence-corrected chi connectivity index (χ0v) is 11.5. The number of rotatable bonds is 6. The molecule has 1 atom stereocenters. The molecule has 0 saturated heterocycles. The minimum absolute atomic E-state index is 0.0896. The lowest BCUT2D eigenvalue weighted by atomic mass is 10.1. The highest BCUT2D eigenvalue weighted by Gasteiger charge is 2.12. The van der Waals surface area contributed by atoms with Crippen molar-refractivity contribution in [1.29, 1.82) is 0 Å². The predicted molar refractivity (Wildman–Crippen MR) is 74.3 cm³/mol. The molecule has 0 aliphatic heterocycles. The molecule has 0 bridgehead atoms. The number of ketones is 1. The summed E-state index contributed by atoms with van der Waals surface area (Å²) in [4.78, 5) is 25.0. The van der Waals surface area contributed by atoms with Crippen molar-refractivity contribution >= 4 is 17.4 Å². The number of nitrogens with one attached hydrogen (secondary N) is 1. The van der Waals surface area contributed by atoms with Crippen LogP contribution in [0.15, 0.2) is 24.3 Å². The van der Waals surface area contributed by atoms with Crippen LogP contribution < -0.4 is 5.32 Å². The summed E-state index contributed by atoms with van der Waals surface area (Å²) in [6.07, 6.45) is -0.484. The number of hydrogen-bond acceptors (Lipinski definition) is 4. The van der Waals surface area contributed by atoms with Crippen molar-refractivity contribution in [2.24, 2.45) is 0 Å². The van der Waals surface area contributed by atoms with Crippen molar-refractivity contribution in [2.75, 3.05) is 25.5 Å². The van der Waals surface area contributed by atoms with Crippen LogP contribution >= 0.6 is 0 Å². The Morgan fingerprint density at radius 1 is 1.37 bits per heavy atom. The fourth-order valence-corrected chi connectivity index (χ4v) is 1.85. The van der Waals surface area contributed by atoms with Gasteiger partial charge in [-0.15, -0.1) is 0 Å². The molecule has 1 aromatic rings. The van der Waals surface area contributed by atoms with E-state index >= 15 is 0 Å². The number of aliphatic hydroxyl groups is 1. The van der Waals surface area contributed by atoms with Crippen molar-refractivity contribution < 1.29 is 14.7 Å². The quantitative estimate of drug-likeness (QED) is 0.756. The second-order valence-corrected chi connectivity index (χ2v) is 4.70. The van der Waals surface area contributed by atoms with Gasteiger partial charge in [-0.2, -0.15) is 0 Å². The summed E-state index contributed by atoms with van der Waals surface area (Å²) in [7, 11) is 1.75. The number of carbonyl (C=O) groups excluding carboxylic acids is 2. The first-order valence-corrected chi connectivity index (χ1v) is 6.16. The van der Waals surface area contributed by atoms with E-state index in [1.807, 2.05) is 0 Å². The Morgan fingerprint density at radius 3 is 2.58 bits per heavy atom. The molecular formula is C14H20N2O3.